The number of aliphatic carboxylic acids is 1. The van der Waals surface area contributed by atoms with Crippen LogP contribution in [0.3, 0.4) is 0 Å². The number of benzene rings is 2. The molecular weight excluding hydrogens is 743 g/mol. The SMILES string of the molecule is COC(=O)[C@@H]1C[C@@H](Oc2nc3ccccc3c(OCc3ccccc3)c2C#CCCC[C@@H]2C[C@H]2OC(=O)NC(C(=O)O)C2(C)CCCCC2)CN1C(=O)OC(C)(C)C. The second-order valence-electron chi connectivity index (χ2n) is 16.8. The molecule has 2 aromatic carbocycles. The highest BCUT2D eigenvalue weighted by molar-refractivity contribution is 5.89. The average molecular weight is 798 g/mol. The Morgan fingerprint density at radius 3 is 2.45 bits per heavy atom. The molecule has 1 unspecified atom stereocenters. The molecular formula is C45H55N3O10. The third-order valence-electron chi connectivity index (χ3n) is 11.1. The van der Waals surface area contributed by atoms with Crippen LogP contribution in [0.5, 0.6) is 11.6 Å². The zero-order chi connectivity index (χ0) is 41.5. The summed E-state index contributed by atoms with van der Waals surface area (Å²) in [5.41, 5.74) is 0.773. The van der Waals surface area contributed by atoms with Gasteiger partial charge in [-0.2, -0.15) is 0 Å². The predicted molar refractivity (Wildman–Crippen MR) is 215 cm³/mol. The van der Waals surface area contributed by atoms with E-state index >= 15 is 0 Å². The molecule has 1 aliphatic heterocycles. The van der Waals surface area contributed by atoms with Crippen molar-refractivity contribution in [2.75, 3.05) is 13.7 Å². The molecule has 2 N–H and O–H groups in total. The maximum Gasteiger partial charge on any atom is 0.411 e. The maximum atomic E-state index is 13.2. The summed E-state index contributed by atoms with van der Waals surface area (Å²) in [5, 5.41) is 13.3. The number of hydrogen-bond donors (Lipinski definition) is 2. The second kappa shape index (κ2) is 18.4. The normalized spacial score (nSPS) is 21.5. The van der Waals surface area contributed by atoms with Gasteiger partial charge in [-0.3, -0.25) is 4.90 Å². The number of para-hydroxylation sites is 1. The van der Waals surface area contributed by atoms with Crippen molar-refractivity contribution in [1.82, 2.24) is 15.2 Å². The molecule has 5 atom stereocenters. The lowest BCUT2D eigenvalue weighted by Gasteiger charge is -2.38. The van der Waals surface area contributed by atoms with Crippen molar-refractivity contribution < 1.29 is 48.0 Å². The summed E-state index contributed by atoms with van der Waals surface area (Å²) in [5.74, 6) is 5.86. The van der Waals surface area contributed by atoms with Gasteiger partial charge in [0.25, 0.3) is 0 Å². The fraction of sp³-hybridized carbons (Fsp3) is 0.533. The largest absolute Gasteiger partial charge is 0.487 e. The van der Waals surface area contributed by atoms with E-state index in [1.54, 1.807) is 20.8 Å². The smallest absolute Gasteiger partial charge is 0.411 e. The number of carbonyl (C=O) groups is 4. The predicted octanol–water partition coefficient (Wildman–Crippen LogP) is 7.80. The number of aromatic nitrogens is 1. The summed E-state index contributed by atoms with van der Waals surface area (Å²) in [6, 6.07) is 15.4. The van der Waals surface area contributed by atoms with Crippen molar-refractivity contribution in [2.45, 2.75) is 128 Å². The summed E-state index contributed by atoms with van der Waals surface area (Å²) in [6.45, 7) is 7.55. The van der Waals surface area contributed by atoms with Gasteiger partial charge in [0.2, 0.25) is 5.88 Å². The number of amides is 2. The first kappa shape index (κ1) is 42.1. The average Bonchev–Trinajstić information content (AvgIpc) is 3.78. The molecule has 2 heterocycles. The number of fused-ring (bicyclic) bond motifs is 1. The number of unbranched alkanes of at least 4 members (excludes halogenated alkanes) is 1. The Morgan fingerprint density at radius 2 is 1.74 bits per heavy atom. The van der Waals surface area contributed by atoms with E-state index < -0.39 is 53.3 Å². The number of hydrogen-bond acceptors (Lipinski definition) is 10. The number of carboxylic acid groups (broad SMARTS) is 1. The minimum absolute atomic E-state index is 0.0647. The van der Waals surface area contributed by atoms with E-state index in [-0.39, 0.29) is 37.5 Å². The van der Waals surface area contributed by atoms with Crippen LogP contribution < -0.4 is 14.8 Å². The van der Waals surface area contributed by atoms with Crippen molar-refractivity contribution in [1.29, 1.82) is 0 Å². The summed E-state index contributed by atoms with van der Waals surface area (Å²) in [4.78, 5) is 57.1. The van der Waals surface area contributed by atoms with Crippen LogP contribution in [0.25, 0.3) is 10.9 Å². The Kier molecular flexibility index (Phi) is 13.3. The first-order valence-electron chi connectivity index (χ1n) is 20.3. The fourth-order valence-electron chi connectivity index (χ4n) is 7.90. The molecule has 1 aromatic heterocycles. The van der Waals surface area contributed by atoms with Gasteiger partial charge < -0.3 is 34.1 Å². The summed E-state index contributed by atoms with van der Waals surface area (Å²) in [6.07, 6.45) is 5.19. The number of carbonyl (C=O) groups excluding carboxylic acids is 3. The van der Waals surface area contributed by atoms with Crippen LogP contribution in [0, 0.1) is 23.2 Å². The van der Waals surface area contributed by atoms with Gasteiger partial charge in [-0.05, 0) is 81.9 Å². The van der Waals surface area contributed by atoms with Crippen LogP contribution in [0.4, 0.5) is 9.59 Å². The molecule has 2 aliphatic carbocycles. The molecule has 2 saturated carbocycles. The molecule has 0 radical (unpaired) electrons. The van der Waals surface area contributed by atoms with Gasteiger partial charge in [-0.25, -0.2) is 24.2 Å². The number of alkyl carbamates (subject to hydrolysis) is 1. The van der Waals surface area contributed by atoms with Gasteiger partial charge in [0.15, 0.2) is 0 Å². The van der Waals surface area contributed by atoms with Crippen molar-refractivity contribution in [3.8, 4) is 23.5 Å². The Hall–Kier alpha value is -5.51. The van der Waals surface area contributed by atoms with Crippen molar-refractivity contribution in [2.24, 2.45) is 11.3 Å². The fourth-order valence-corrected chi connectivity index (χ4v) is 7.90. The van der Waals surface area contributed by atoms with Gasteiger partial charge in [-0.15, -0.1) is 0 Å². The van der Waals surface area contributed by atoms with Gasteiger partial charge in [0, 0.05) is 18.2 Å². The van der Waals surface area contributed by atoms with Crippen LogP contribution in [0.1, 0.15) is 103 Å². The third-order valence-corrected chi connectivity index (χ3v) is 11.1. The highest BCUT2D eigenvalue weighted by Crippen LogP contribution is 2.41. The minimum Gasteiger partial charge on any atom is -0.487 e. The number of esters is 1. The number of nitrogens with one attached hydrogen (secondary N) is 1. The Labute approximate surface area is 340 Å². The number of nitrogens with zero attached hydrogens (tertiary/aromatic N) is 2. The first-order valence-corrected chi connectivity index (χ1v) is 20.3. The second-order valence-corrected chi connectivity index (χ2v) is 16.8. The number of carboxylic acids is 1. The minimum atomic E-state index is -1.03. The van der Waals surface area contributed by atoms with E-state index in [1.165, 1.54) is 12.0 Å². The van der Waals surface area contributed by atoms with Gasteiger partial charge >= 0.3 is 24.1 Å². The Balaban J connectivity index is 1.16. The Morgan fingerprint density at radius 1 is 1.02 bits per heavy atom. The summed E-state index contributed by atoms with van der Waals surface area (Å²) >= 11 is 0. The standard InChI is InChI=1S/C45H55N3O10/c1-44(2,3)58-43(53)48-27-31(26-35(48)41(51)54-5)56-39-33(37(32-20-13-14-22-34(32)46-39)55-28-29-17-9-6-10-18-29)21-12-7-11-19-30-25-36(30)57-42(52)47-38(40(49)50)45(4)23-15-8-16-24-45/h6,9-10,13-14,17-18,20,22,30-31,35-36,38H,7-8,11,15-16,19,23-28H2,1-5H3,(H,47,52)(H,49,50)/t30-,31-,35+,36-,38?/m1/s1. The van der Waals surface area contributed by atoms with Crippen LogP contribution >= 0.6 is 0 Å². The zero-order valence-electron chi connectivity index (χ0n) is 34.1. The molecule has 0 bridgehead atoms. The van der Waals surface area contributed by atoms with Gasteiger partial charge in [0.05, 0.1) is 19.2 Å². The van der Waals surface area contributed by atoms with Crippen molar-refractivity contribution in [3.05, 3.63) is 65.7 Å². The van der Waals surface area contributed by atoms with Crippen LogP contribution in [-0.2, 0) is 30.4 Å². The molecule has 3 fully saturated rings. The van der Waals surface area contributed by atoms with Crippen molar-refractivity contribution >= 4 is 35.0 Å². The number of pyridine rings is 1. The monoisotopic (exact) mass is 797 g/mol. The van der Waals surface area contributed by atoms with Gasteiger partial charge in [-0.1, -0.05) is 80.5 Å². The molecule has 13 nitrogen and oxygen atoms in total. The molecule has 1 saturated heterocycles. The molecule has 0 spiro atoms. The number of rotatable bonds is 13. The molecule has 3 aromatic rings. The number of likely N-dealkylation sites (tertiary alicyclic amines) is 1. The number of methoxy groups -OCH3 is 1. The van der Waals surface area contributed by atoms with E-state index in [0.29, 0.717) is 29.7 Å². The lowest BCUT2D eigenvalue weighted by Crippen LogP contribution is -2.52. The summed E-state index contributed by atoms with van der Waals surface area (Å²) in [7, 11) is 1.28. The topological polar surface area (TPSA) is 163 Å². The zero-order valence-corrected chi connectivity index (χ0v) is 34.1. The summed E-state index contributed by atoms with van der Waals surface area (Å²) < 4.78 is 29.3. The van der Waals surface area contributed by atoms with Crippen LogP contribution in [0.15, 0.2) is 54.6 Å². The number of ether oxygens (including phenoxy) is 5. The van der Waals surface area contributed by atoms with Gasteiger partial charge in [0.1, 0.15) is 47.8 Å². The highest BCUT2D eigenvalue weighted by atomic mass is 16.6. The Bertz CT molecular complexity index is 2010. The first-order chi connectivity index (χ1) is 27.7. The highest BCUT2D eigenvalue weighted by Gasteiger charge is 2.45. The quantitative estimate of drug-likeness (QED) is 0.0751. The van der Waals surface area contributed by atoms with Crippen LogP contribution in [-0.4, -0.2) is 82.7 Å². The molecule has 58 heavy (non-hydrogen) atoms. The maximum absolute atomic E-state index is 13.2. The molecule has 3 aliphatic rings. The third kappa shape index (κ3) is 10.7. The van der Waals surface area contributed by atoms with E-state index in [1.807, 2.05) is 61.5 Å². The van der Waals surface area contributed by atoms with Crippen molar-refractivity contribution in [3.63, 3.8) is 0 Å². The molecule has 2 amide bonds. The molecule has 310 valence electrons. The van der Waals surface area contributed by atoms with E-state index in [0.717, 1.165) is 55.9 Å². The lowest BCUT2D eigenvalue weighted by atomic mass is 9.70. The van der Waals surface area contributed by atoms with E-state index in [4.69, 9.17) is 28.7 Å². The van der Waals surface area contributed by atoms with E-state index in [9.17, 15) is 24.3 Å². The van der Waals surface area contributed by atoms with Crippen LogP contribution in [0.2, 0.25) is 0 Å². The molecule has 6 rings (SSSR count). The van der Waals surface area contributed by atoms with E-state index in [2.05, 4.69) is 17.2 Å². The molecule has 13 heteroatoms. The lowest BCUT2D eigenvalue weighted by molar-refractivity contribution is -0.146.